The number of rotatable bonds is 2. The normalized spacial score (nSPS) is 9.78. The van der Waals surface area contributed by atoms with Crippen molar-refractivity contribution in [2.75, 3.05) is 0 Å². The Morgan fingerprint density at radius 3 is 2.56 bits per heavy atom. The molecule has 0 aliphatic heterocycles. The Kier molecular flexibility index (Phi) is 3.31. The minimum atomic E-state index is -1.12. The maximum Gasteiger partial charge on any atom is 0.337 e. The van der Waals surface area contributed by atoms with Crippen LogP contribution in [0.15, 0.2) is 42.5 Å². The Balaban J connectivity index is 2.62. The summed E-state index contributed by atoms with van der Waals surface area (Å²) in [7, 11) is 0. The van der Waals surface area contributed by atoms with Crippen LogP contribution in [0.4, 0.5) is 0 Å². The quantitative estimate of drug-likeness (QED) is 0.894. The fourth-order valence-corrected chi connectivity index (χ4v) is 1.93. The SMILES string of the molecule is N#Cc1ccc(-c2ccccc2Cl)cc1C(=O)O. The van der Waals surface area contributed by atoms with E-state index in [0.29, 0.717) is 10.6 Å². The molecular formula is C14H8ClNO2. The average Bonchev–Trinajstić information content (AvgIpc) is 2.38. The number of nitriles is 1. The molecule has 0 radical (unpaired) electrons. The first-order chi connectivity index (χ1) is 8.63. The zero-order valence-corrected chi connectivity index (χ0v) is 9.98. The molecule has 0 atom stereocenters. The third kappa shape index (κ3) is 2.20. The Morgan fingerprint density at radius 1 is 1.22 bits per heavy atom. The first kappa shape index (κ1) is 12.2. The van der Waals surface area contributed by atoms with Crippen LogP contribution in [0.2, 0.25) is 5.02 Å². The molecular weight excluding hydrogens is 250 g/mol. The molecule has 88 valence electrons. The molecule has 0 spiro atoms. The third-order valence-corrected chi connectivity index (χ3v) is 2.88. The minimum Gasteiger partial charge on any atom is -0.478 e. The van der Waals surface area contributed by atoms with Crippen LogP contribution in [0, 0.1) is 11.3 Å². The summed E-state index contributed by atoms with van der Waals surface area (Å²) < 4.78 is 0. The van der Waals surface area contributed by atoms with Crippen LogP contribution in [-0.4, -0.2) is 11.1 Å². The Morgan fingerprint density at radius 2 is 1.94 bits per heavy atom. The lowest BCUT2D eigenvalue weighted by atomic mass is 9.99. The van der Waals surface area contributed by atoms with E-state index in [2.05, 4.69) is 0 Å². The number of benzene rings is 2. The van der Waals surface area contributed by atoms with E-state index in [9.17, 15) is 4.79 Å². The minimum absolute atomic E-state index is 0.0186. The van der Waals surface area contributed by atoms with Gasteiger partial charge in [0.05, 0.1) is 11.1 Å². The molecule has 2 rings (SSSR count). The number of nitrogens with zero attached hydrogens (tertiary/aromatic N) is 1. The van der Waals surface area contributed by atoms with Gasteiger partial charge < -0.3 is 5.11 Å². The first-order valence-electron chi connectivity index (χ1n) is 5.16. The number of hydrogen-bond donors (Lipinski definition) is 1. The van der Waals surface area contributed by atoms with Gasteiger partial charge in [-0.3, -0.25) is 0 Å². The topological polar surface area (TPSA) is 61.1 Å². The number of carboxylic acids is 1. The van der Waals surface area contributed by atoms with Gasteiger partial charge in [0.2, 0.25) is 0 Å². The second kappa shape index (κ2) is 4.91. The van der Waals surface area contributed by atoms with Crippen molar-refractivity contribution in [3.8, 4) is 17.2 Å². The molecule has 4 heteroatoms. The van der Waals surface area contributed by atoms with Gasteiger partial charge in [0, 0.05) is 10.6 Å². The lowest BCUT2D eigenvalue weighted by molar-refractivity contribution is 0.0696. The van der Waals surface area contributed by atoms with Crippen molar-refractivity contribution >= 4 is 17.6 Å². The summed E-state index contributed by atoms with van der Waals surface area (Å²) in [5.41, 5.74) is 1.54. The lowest BCUT2D eigenvalue weighted by Crippen LogP contribution is -2.00. The molecule has 0 fully saturated rings. The van der Waals surface area contributed by atoms with E-state index in [1.807, 2.05) is 12.1 Å². The molecule has 2 aromatic rings. The summed E-state index contributed by atoms with van der Waals surface area (Å²) >= 11 is 6.05. The van der Waals surface area contributed by atoms with E-state index in [1.54, 1.807) is 24.3 Å². The Hall–Kier alpha value is -2.31. The zero-order valence-electron chi connectivity index (χ0n) is 9.22. The molecule has 18 heavy (non-hydrogen) atoms. The fourth-order valence-electron chi connectivity index (χ4n) is 1.68. The molecule has 2 aromatic carbocycles. The highest BCUT2D eigenvalue weighted by molar-refractivity contribution is 6.33. The molecule has 0 unspecified atom stereocenters. The predicted octanol–water partition coefficient (Wildman–Crippen LogP) is 3.58. The standard InChI is InChI=1S/C14H8ClNO2/c15-13-4-2-1-3-11(13)9-5-6-10(8-16)12(7-9)14(17)18/h1-7H,(H,17,18). The van der Waals surface area contributed by atoms with Gasteiger partial charge in [-0.2, -0.15) is 5.26 Å². The van der Waals surface area contributed by atoms with Gasteiger partial charge >= 0.3 is 5.97 Å². The van der Waals surface area contributed by atoms with E-state index in [4.69, 9.17) is 22.0 Å². The van der Waals surface area contributed by atoms with Gasteiger partial charge in [0.25, 0.3) is 0 Å². The van der Waals surface area contributed by atoms with Gasteiger partial charge in [0.1, 0.15) is 6.07 Å². The van der Waals surface area contributed by atoms with Crippen LogP contribution in [0.3, 0.4) is 0 Å². The monoisotopic (exact) mass is 257 g/mol. The zero-order chi connectivity index (χ0) is 13.1. The number of aromatic carboxylic acids is 1. The Bertz CT molecular complexity index is 659. The summed E-state index contributed by atoms with van der Waals surface area (Å²) in [5.74, 6) is -1.12. The van der Waals surface area contributed by atoms with Crippen LogP contribution >= 0.6 is 11.6 Å². The first-order valence-corrected chi connectivity index (χ1v) is 5.53. The molecule has 1 N–H and O–H groups in total. The summed E-state index contributed by atoms with van der Waals surface area (Å²) in [6, 6.07) is 13.6. The molecule has 0 aliphatic rings. The molecule has 0 saturated heterocycles. The highest BCUT2D eigenvalue weighted by Gasteiger charge is 2.12. The summed E-state index contributed by atoms with van der Waals surface area (Å²) in [4.78, 5) is 11.1. The van der Waals surface area contributed by atoms with Crippen LogP contribution < -0.4 is 0 Å². The van der Waals surface area contributed by atoms with E-state index in [0.717, 1.165) is 5.56 Å². The van der Waals surface area contributed by atoms with Crippen molar-refractivity contribution in [2.24, 2.45) is 0 Å². The van der Waals surface area contributed by atoms with Gasteiger partial charge in [-0.15, -0.1) is 0 Å². The van der Waals surface area contributed by atoms with E-state index >= 15 is 0 Å². The van der Waals surface area contributed by atoms with E-state index < -0.39 is 5.97 Å². The highest BCUT2D eigenvalue weighted by atomic mass is 35.5. The maximum absolute atomic E-state index is 11.1. The van der Waals surface area contributed by atoms with Crippen LogP contribution in [0.5, 0.6) is 0 Å². The second-order valence-corrected chi connectivity index (χ2v) is 4.06. The van der Waals surface area contributed by atoms with Crippen molar-refractivity contribution < 1.29 is 9.90 Å². The van der Waals surface area contributed by atoms with E-state index in [-0.39, 0.29) is 11.1 Å². The molecule has 0 aliphatic carbocycles. The van der Waals surface area contributed by atoms with Gasteiger partial charge in [0.15, 0.2) is 0 Å². The maximum atomic E-state index is 11.1. The number of hydrogen-bond acceptors (Lipinski definition) is 2. The number of halogens is 1. The van der Waals surface area contributed by atoms with Crippen molar-refractivity contribution in [2.45, 2.75) is 0 Å². The van der Waals surface area contributed by atoms with Crippen molar-refractivity contribution in [3.05, 3.63) is 58.6 Å². The molecule has 0 aromatic heterocycles. The van der Waals surface area contributed by atoms with Gasteiger partial charge in [-0.25, -0.2) is 4.79 Å². The van der Waals surface area contributed by atoms with E-state index in [1.165, 1.54) is 12.1 Å². The van der Waals surface area contributed by atoms with Crippen LogP contribution in [-0.2, 0) is 0 Å². The highest BCUT2D eigenvalue weighted by Crippen LogP contribution is 2.28. The lowest BCUT2D eigenvalue weighted by Gasteiger charge is -2.06. The summed E-state index contributed by atoms with van der Waals surface area (Å²) in [6.07, 6.45) is 0. The second-order valence-electron chi connectivity index (χ2n) is 3.66. The Labute approximate surface area is 109 Å². The number of carbonyl (C=O) groups is 1. The van der Waals surface area contributed by atoms with Crippen LogP contribution in [0.1, 0.15) is 15.9 Å². The van der Waals surface area contributed by atoms with Crippen molar-refractivity contribution in [1.82, 2.24) is 0 Å². The largest absolute Gasteiger partial charge is 0.478 e. The van der Waals surface area contributed by atoms with Gasteiger partial charge in [-0.05, 0) is 23.8 Å². The predicted molar refractivity (Wildman–Crippen MR) is 68.6 cm³/mol. The molecule has 0 saturated carbocycles. The third-order valence-electron chi connectivity index (χ3n) is 2.56. The summed E-state index contributed by atoms with van der Waals surface area (Å²) in [5, 5.41) is 18.4. The smallest absolute Gasteiger partial charge is 0.337 e. The van der Waals surface area contributed by atoms with Gasteiger partial charge in [-0.1, -0.05) is 35.9 Å². The molecule has 3 nitrogen and oxygen atoms in total. The fraction of sp³-hybridized carbons (Fsp3) is 0. The van der Waals surface area contributed by atoms with Crippen LogP contribution in [0.25, 0.3) is 11.1 Å². The molecule has 0 bridgehead atoms. The summed E-state index contributed by atoms with van der Waals surface area (Å²) in [6.45, 7) is 0. The van der Waals surface area contributed by atoms with Crippen molar-refractivity contribution in [1.29, 1.82) is 5.26 Å². The number of carboxylic acid groups (broad SMARTS) is 1. The van der Waals surface area contributed by atoms with Crippen molar-refractivity contribution in [3.63, 3.8) is 0 Å². The molecule has 0 heterocycles. The average molecular weight is 258 g/mol. The molecule has 0 amide bonds.